The van der Waals surface area contributed by atoms with Gasteiger partial charge in [0.2, 0.25) is 0 Å². The molecule has 0 bridgehead atoms. The second-order valence-electron chi connectivity index (χ2n) is 13.6. The lowest BCUT2D eigenvalue weighted by Crippen LogP contribution is -2.26. The molecule has 1 atom stereocenters. The highest BCUT2D eigenvalue weighted by molar-refractivity contribution is 7.26. The topological polar surface area (TPSA) is 3.24 Å². The lowest BCUT2D eigenvalue weighted by molar-refractivity contribution is 0.794. The predicted octanol–water partition coefficient (Wildman–Crippen LogP) is 13.5. The number of fused-ring (bicyclic) bond motifs is 14. The van der Waals surface area contributed by atoms with Gasteiger partial charge >= 0.3 is 0 Å². The summed E-state index contributed by atoms with van der Waals surface area (Å²) in [6, 6.07) is 69.4. The van der Waals surface area contributed by atoms with Gasteiger partial charge in [0.05, 0.1) is 11.1 Å². The zero-order valence-corrected chi connectivity index (χ0v) is 28.6. The van der Waals surface area contributed by atoms with Crippen molar-refractivity contribution in [1.29, 1.82) is 0 Å². The number of thiophene rings is 1. The molecule has 1 unspecified atom stereocenters. The Kier molecular flexibility index (Phi) is 6.11. The Balaban J connectivity index is 1.20. The zero-order valence-electron chi connectivity index (χ0n) is 27.8. The molecule has 2 heteroatoms. The van der Waals surface area contributed by atoms with E-state index in [4.69, 9.17) is 0 Å². The van der Waals surface area contributed by atoms with E-state index in [0.717, 1.165) is 11.4 Å². The molecule has 1 nitrogen and oxygen atoms in total. The van der Waals surface area contributed by atoms with Gasteiger partial charge in [-0.15, -0.1) is 11.3 Å². The Bertz CT molecular complexity index is 2800. The maximum absolute atomic E-state index is 2.44. The van der Waals surface area contributed by atoms with Crippen molar-refractivity contribution in [3.63, 3.8) is 0 Å². The highest BCUT2D eigenvalue weighted by atomic mass is 32.1. The van der Waals surface area contributed by atoms with E-state index in [-0.39, 0.29) is 0 Å². The summed E-state index contributed by atoms with van der Waals surface area (Å²) in [5.41, 5.74) is 16.2. The van der Waals surface area contributed by atoms with Crippen LogP contribution in [0.4, 0.5) is 17.1 Å². The molecule has 0 fully saturated rings. The molecular formula is C49H31NS. The monoisotopic (exact) mass is 665 g/mol. The van der Waals surface area contributed by atoms with Gasteiger partial charge in [-0.1, -0.05) is 152 Å². The van der Waals surface area contributed by atoms with E-state index in [2.05, 4.69) is 193 Å². The molecule has 1 aromatic heterocycles. The highest BCUT2D eigenvalue weighted by Crippen LogP contribution is 2.66. The van der Waals surface area contributed by atoms with Crippen LogP contribution in [0.3, 0.4) is 0 Å². The van der Waals surface area contributed by atoms with Crippen LogP contribution in [-0.4, -0.2) is 0 Å². The van der Waals surface area contributed by atoms with E-state index in [1.54, 1.807) is 0 Å². The van der Waals surface area contributed by atoms with Gasteiger partial charge in [-0.3, -0.25) is 0 Å². The van der Waals surface area contributed by atoms with Crippen LogP contribution in [0.1, 0.15) is 22.3 Å². The second kappa shape index (κ2) is 10.9. The maximum atomic E-state index is 2.44. The van der Waals surface area contributed by atoms with Crippen molar-refractivity contribution in [2.75, 3.05) is 4.90 Å². The van der Waals surface area contributed by atoms with Crippen LogP contribution in [0, 0.1) is 0 Å². The molecule has 11 rings (SSSR count). The van der Waals surface area contributed by atoms with Gasteiger partial charge in [-0.2, -0.15) is 0 Å². The van der Waals surface area contributed by atoms with Crippen molar-refractivity contribution >= 4 is 48.6 Å². The maximum Gasteiger partial charge on any atom is 0.0726 e. The van der Waals surface area contributed by atoms with Gasteiger partial charge in [0, 0.05) is 42.7 Å². The summed E-state index contributed by atoms with van der Waals surface area (Å²) in [6.45, 7) is 0. The lowest BCUT2D eigenvalue weighted by Gasteiger charge is -2.32. The SMILES string of the molecule is c1ccc(-c2ccc(N(c3ccccc3)c3cccc4c3-c3ccccc3C43c4ccccc4-c4c3ccc3c4sc4ccccc43)cc2)cc1. The molecule has 0 saturated heterocycles. The number of hydrogen-bond donors (Lipinski definition) is 0. The van der Waals surface area contributed by atoms with Gasteiger partial charge < -0.3 is 4.90 Å². The summed E-state index contributed by atoms with van der Waals surface area (Å²) in [5, 5.41) is 2.68. The number of para-hydroxylation sites is 1. The molecule has 0 aliphatic heterocycles. The molecular weight excluding hydrogens is 635 g/mol. The average molecular weight is 666 g/mol. The molecule has 8 aromatic carbocycles. The summed E-state index contributed by atoms with van der Waals surface area (Å²) >= 11 is 1.93. The average Bonchev–Trinajstić information content (AvgIpc) is 3.83. The summed E-state index contributed by atoms with van der Waals surface area (Å²) in [7, 11) is 0. The smallest absolute Gasteiger partial charge is 0.0726 e. The quantitative estimate of drug-likeness (QED) is 0.181. The molecule has 238 valence electrons. The first-order valence-corrected chi connectivity index (χ1v) is 18.4. The minimum atomic E-state index is -0.433. The molecule has 0 saturated carbocycles. The van der Waals surface area contributed by atoms with Gasteiger partial charge in [0.15, 0.2) is 0 Å². The van der Waals surface area contributed by atoms with Crippen molar-refractivity contribution in [1.82, 2.24) is 0 Å². The molecule has 0 radical (unpaired) electrons. The summed E-state index contributed by atoms with van der Waals surface area (Å²) < 4.78 is 2.72. The van der Waals surface area contributed by atoms with E-state index in [9.17, 15) is 0 Å². The number of anilines is 3. The van der Waals surface area contributed by atoms with Crippen molar-refractivity contribution in [2.45, 2.75) is 5.41 Å². The van der Waals surface area contributed by atoms with Crippen LogP contribution < -0.4 is 4.90 Å². The van der Waals surface area contributed by atoms with E-state index in [1.165, 1.54) is 81.5 Å². The fourth-order valence-electron chi connectivity index (χ4n) is 9.06. The Morgan fingerprint density at radius 1 is 0.373 bits per heavy atom. The molecule has 2 aliphatic rings. The normalized spacial score (nSPS) is 15.1. The fourth-order valence-corrected chi connectivity index (χ4v) is 10.3. The Hall–Kier alpha value is -6.22. The summed E-state index contributed by atoms with van der Waals surface area (Å²) in [4.78, 5) is 2.44. The minimum absolute atomic E-state index is 0.433. The highest BCUT2D eigenvalue weighted by Gasteiger charge is 2.53. The Morgan fingerprint density at radius 2 is 0.941 bits per heavy atom. The van der Waals surface area contributed by atoms with Gasteiger partial charge in [-0.05, 0) is 80.9 Å². The second-order valence-corrected chi connectivity index (χ2v) is 14.6. The van der Waals surface area contributed by atoms with Crippen LogP contribution >= 0.6 is 11.3 Å². The van der Waals surface area contributed by atoms with E-state index < -0.39 is 5.41 Å². The zero-order chi connectivity index (χ0) is 33.5. The first kappa shape index (κ1) is 28.6. The van der Waals surface area contributed by atoms with Crippen molar-refractivity contribution in [3.8, 4) is 33.4 Å². The van der Waals surface area contributed by atoms with Crippen molar-refractivity contribution in [2.24, 2.45) is 0 Å². The molecule has 2 aliphatic carbocycles. The van der Waals surface area contributed by atoms with Crippen LogP contribution in [0.5, 0.6) is 0 Å². The first-order valence-electron chi connectivity index (χ1n) is 17.6. The molecule has 1 heterocycles. The third-order valence-electron chi connectivity index (χ3n) is 11.1. The van der Waals surface area contributed by atoms with Crippen molar-refractivity contribution in [3.05, 3.63) is 210 Å². The molecule has 9 aromatic rings. The van der Waals surface area contributed by atoms with Gasteiger partial charge in [0.25, 0.3) is 0 Å². The third kappa shape index (κ3) is 3.91. The van der Waals surface area contributed by atoms with Crippen molar-refractivity contribution < 1.29 is 0 Å². The molecule has 0 amide bonds. The predicted molar refractivity (Wildman–Crippen MR) is 216 cm³/mol. The standard InChI is InChI=1S/C49H31NS/c1-3-14-32(15-4-1)33-26-28-35(29-27-33)50(34-16-5-2-6-17-34)44-24-13-23-42-46(44)38-19-7-10-21-40(38)49(42)41-22-11-8-20-39(41)47-43(49)31-30-37-36-18-9-12-25-45(36)51-48(37)47/h1-31H. The van der Waals surface area contributed by atoms with Crippen LogP contribution in [0.2, 0.25) is 0 Å². The first-order chi connectivity index (χ1) is 25.3. The van der Waals surface area contributed by atoms with Crippen LogP contribution in [0.15, 0.2) is 188 Å². The molecule has 51 heavy (non-hydrogen) atoms. The van der Waals surface area contributed by atoms with Gasteiger partial charge in [-0.25, -0.2) is 0 Å². The van der Waals surface area contributed by atoms with Crippen LogP contribution in [0.25, 0.3) is 53.6 Å². The van der Waals surface area contributed by atoms with E-state index in [1.807, 2.05) is 11.3 Å². The number of hydrogen-bond acceptors (Lipinski definition) is 2. The number of nitrogens with zero attached hydrogens (tertiary/aromatic N) is 1. The Labute approximate surface area is 301 Å². The third-order valence-corrected chi connectivity index (χ3v) is 12.3. The van der Waals surface area contributed by atoms with E-state index in [0.29, 0.717) is 0 Å². The minimum Gasteiger partial charge on any atom is -0.310 e. The Morgan fingerprint density at radius 3 is 1.71 bits per heavy atom. The summed E-state index contributed by atoms with van der Waals surface area (Å²) in [5.74, 6) is 0. The largest absolute Gasteiger partial charge is 0.310 e. The molecule has 1 spiro atoms. The molecule has 0 N–H and O–H groups in total. The number of benzene rings is 8. The lowest BCUT2D eigenvalue weighted by atomic mass is 9.70. The van der Waals surface area contributed by atoms with E-state index >= 15 is 0 Å². The fraction of sp³-hybridized carbons (Fsp3) is 0.0204. The number of rotatable bonds is 4. The van der Waals surface area contributed by atoms with Crippen LogP contribution in [-0.2, 0) is 5.41 Å². The summed E-state index contributed by atoms with van der Waals surface area (Å²) in [6.07, 6.45) is 0. The van der Waals surface area contributed by atoms with Gasteiger partial charge in [0.1, 0.15) is 0 Å².